The topological polar surface area (TPSA) is 41.1 Å². The molecule has 3 nitrogen and oxygen atoms in total. The van der Waals surface area contributed by atoms with Crippen molar-refractivity contribution in [1.82, 2.24) is 10.6 Å². The fraction of sp³-hybridized carbons (Fsp3) is 0.417. The molecule has 0 atom stereocenters. The van der Waals surface area contributed by atoms with Gasteiger partial charge in [-0.15, -0.1) is 0 Å². The molecule has 2 N–H and O–H groups in total. The van der Waals surface area contributed by atoms with Crippen LogP contribution in [-0.2, 0) is 6.18 Å². The molecular formula is C12H12F4N2O. The highest BCUT2D eigenvalue weighted by atomic mass is 19.4. The van der Waals surface area contributed by atoms with Crippen LogP contribution in [0, 0.1) is 11.7 Å². The fourth-order valence-corrected chi connectivity index (χ4v) is 1.72. The molecule has 0 aliphatic carbocycles. The monoisotopic (exact) mass is 276 g/mol. The fourth-order valence-electron chi connectivity index (χ4n) is 1.72. The second-order valence-electron chi connectivity index (χ2n) is 4.43. The maximum absolute atomic E-state index is 13.0. The standard InChI is InChI=1S/C12H12F4N2O/c13-10-2-1-8(3-9(10)12(14,15)16)11(19)18-6-7-4-17-5-7/h1-3,7,17H,4-6H2,(H,18,19). The number of alkyl halides is 3. The summed E-state index contributed by atoms with van der Waals surface area (Å²) in [6, 6.07) is 2.23. The quantitative estimate of drug-likeness (QED) is 0.826. The Labute approximate surface area is 107 Å². The Morgan fingerprint density at radius 3 is 2.58 bits per heavy atom. The van der Waals surface area contributed by atoms with Crippen molar-refractivity contribution in [1.29, 1.82) is 0 Å². The first-order valence-corrected chi connectivity index (χ1v) is 5.73. The largest absolute Gasteiger partial charge is 0.419 e. The van der Waals surface area contributed by atoms with Gasteiger partial charge in [0.1, 0.15) is 5.82 Å². The van der Waals surface area contributed by atoms with Gasteiger partial charge in [0.15, 0.2) is 0 Å². The highest BCUT2D eigenvalue weighted by molar-refractivity contribution is 5.94. The molecule has 1 aliphatic rings. The van der Waals surface area contributed by atoms with Crippen LogP contribution in [0.15, 0.2) is 18.2 Å². The van der Waals surface area contributed by atoms with Crippen LogP contribution in [-0.4, -0.2) is 25.5 Å². The van der Waals surface area contributed by atoms with Crippen LogP contribution in [0.5, 0.6) is 0 Å². The molecule has 2 rings (SSSR count). The summed E-state index contributed by atoms with van der Waals surface area (Å²) >= 11 is 0. The zero-order chi connectivity index (χ0) is 14.0. The van der Waals surface area contributed by atoms with Gasteiger partial charge in [-0.3, -0.25) is 4.79 Å². The van der Waals surface area contributed by atoms with E-state index in [4.69, 9.17) is 0 Å². The molecule has 0 bridgehead atoms. The summed E-state index contributed by atoms with van der Waals surface area (Å²) in [6.07, 6.45) is -4.81. The van der Waals surface area contributed by atoms with Crippen molar-refractivity contribution < 1.29 is 22.4 Å². The number of hydrogen-bond acceptors (Lipinski definition) is 2. The lowest BCUT2D eigenvalue weighted by atomic mass is 10.0. The Morgan fingerprint density at radius 2 is 2.05 bits per heavy atom. The van der Waals surface area contributed by atoms with E-state index in [2.05, 4.69) is 10.6 Å². The smallest absolute Gasteiger partial charge is 0.352 e. The van der Waals surface area contributed by atoms with Crippen LogP contribution in [0.4, 0.5) is 17.6 Å². The van der Waals surface area contributed by atoms with Crippen molar-refractivity contribution >= 4 is 5.91 Å². The van der Waals surface area contributed by atoms with Gasteiger partial charge in [-0.25, -0.2) is 4.39 Å². The summed E-state index contributed by atoms with van der Waals surface area (Å²) < 4.78 is 50.5. The zero-order valence-corrected chi connectivity index (χ0v) is 9.85. The van der Waals surface area contributed by atoms with Gasteiger partial charge in [-0.2, -0.15) is 13.2 Å². The molecule has 0 radical (unpaired) electrons. The van der Waals surface area contributed by atoms with E-state index in [9.17, 15) is 22.4 Å². The second kappa shape index (κ2) is 5.16. The van der Waals surface area contributed by atoms with E-state index in [1.807, 2.05) is 0 Å². The molecule has 1 aliphatic heterocycles. The third-order valence-corrected chi connectivity index (χ3v) is 2.95. The van der Waals surface area contributed by atoms with Crippen molar-refractivity contribution in [2.24, 2.45) is 5.92 Å². The number of halogens is 4. The summed E-state index contributed by atoms with van der Waals surface area (Å²) in [5, 5.41) is 5.54. The lowest BCUT2D eigenvalue weighted by molar-refractivity contribution is -0.140. The van der Waals surface area contributed by atoms with E-state index in [0.29, 0.717) is 24.6 Å². The molecule has 0 aromatic heterocycles. The van der Waals surface area contributed by atoms with E-state index >= 15 is 0 Å². The molecule has 1 aromatic rings. The molecule has 1 heterocycles. The highest BCUT2D eigenvalue weighted by Gasteiger charge is 2.34. The van der Waals surface area contributed by atoms with E-state index in [1.54, 1.807) is 0 Å². The van der Waals surface area contributed by atoms with Gasteiger partial charge in [0, 0.05) is 31.1 Å². The second-order valence-corrected chi connectivity index (χ2v) is 4.43. The molecule has 0 saturated carbocycles. The van der Waals surface area contributed by atoms with Gasteiger partial charge < -0.3 is 10.6 Å². The third-order valence-electron chi connectivity index (χ3n) is 2.95. The van der Waals surface area contributed by atoms with Crippen molar-refractivity contribution in [2.75, 3.05) is 19.6 Å². The van der Waals surface area contributed by atoms with Crippen molar-refractivity contribution in [2.45, 2.75) is 6.18 Å². The van der Waals surface area contributed by atoms with E-state index in [1.165, 1.54) is 0 Å². The Morgan fingerprint density at radius 1 is 1.37 bits per heavy atom. The first-order valence-electron chi connectivity index (χ1n) is 5.73. The summed E-state index contributed by atoms with van der Waals surface area (Å²) in [7, 11) is 0. The normalized spacial score (nSPS) is 16.0. The Kier molecular flexibility index (Phi) is 3.75. The predicted octanol–water partition coefficient (Wildman–Crippen LogP) is 1.79. The molecule has 7 heteroatoms. The van der Waals surface area contributed by atoms with E-state index in [0.717, 1.165) is 19.2 Å². The lowest BCUT2D eigenvalue weighted by Crippen LogP contribution is -2.48. The minimum absolute atomic E-state index is 0.194. The summed E-state index contributed by atoms with van der Waals surface area (Å²) in [6.45, 7) is 1.94. The molecule has 1 fully saturated rings. The molecule has 0 spiro atoms. The maximum atomic E-state index is 13.0. The molecule has 1 saturated heterocycles. The third kappa shape index (κ3) is 3.23. The van der Waals surface area contributed by atoms with Gasteiger partial charge in [0.2, 0.25) is 0 Å². The zero-order valence-electron chi connectivity index (χ0n) is 9.85. The maximum Gasteiger partial charge on any atom is 0.419 e. The van der Waals surface area contributed by atoms with Gasteiger partial charge in [0.25, 0.3) is 5.91 Å². The van der Waals surface area contributed by atoms with Crippen LogP contribution in [0.2, 0.25) is 0 Å². The SMILES string of the molecule is O=C(NCC1CNC1)c1ccc(F)c(C(F)(F)F)c1. The number of amides is 1. The number of rotatable bonds is 3. The first kappa shape index (κ1) is 13.8. The molecule has 0 unspecified atom stereocenters. The van der Waals surface area contributed by atoms with Gasteiger partial charge in [-0.1, -0.05) is 0 Å². The summed E-state index contributed by atoms with van der Waals surface area (Å²) in [5.41, 5.74) is -1.62. The van der Waals surface area contributed by atoms with Gasteiger partial charge >= 0.3 is 6.18 Å². The number of benzene rings is 1. The van der Waals surface area contributed by atoms with Crippen LogP contribution in [0.25, 0.3) is 0 Å². The number of hydrogen-bond donors (Lipinski definition) is 2. The molecule has 1 aromatic carbocycles. The Bertz CT molecular complexity index is 483. The minimum atomic E-state index is -4.81. The molecule has 104 valence electrons. The predicted molar refractivity (Wildman–Crippen MR) is 60.1 cm³/mol. The number of carbonyl (C=O) groups excluding carboxylic acids is 1. The van der Waals surface area contributed by atoms with Crippen LogP contribution in [0.3, 0.4) is 0 Å². The van der Waals surface area contributed by atoms with E-state index < -0.39 is 23.5 Å². The average Bonchev–Trinajstić information content (AvgIpc) is 2.25. The number of nitrogens with one attached hydrogen (secondary N) is 2. The molecule has 1 amide bonds. The van der Waals surface area contributed by atoms with Crippen molar-refractivity contribution in [3.05, 3.63) is 35.1 Å². The van der Waals surface area contributed by atoms with Gasteiger partial charge in [0.05, 0.1) is 5.56 Å². The van der Waals surface area contributed by atoms with E-state index in [-0.39, 0.29) is 5.56 Å². The summed E-state index contributed by atoms with van der Waals surface area (Å²) in [5.74, 6) is -1.71. The van der Waals surface area contributed by atoms with Crippen LogP contribution >= 0.6 is 0 Å². The van der Waals surface area contributed by atoms with Crippen molar-refractivity contribution in [3.8, 4) is 0 Å². The minimum Gasteiger partial charge on any atom is -0.352 e. The number of carbonyl (C=O) groups is 1. The summed E-state index contributed by atoms with van der Waals surface area (Å²) in [4.78, 5) is 11.7. The lowest BCUT2D eigenvalue weighted by Gasteiger charge is -2.27. The molecule has 19 heavy (non-hydrogen) atoms. The van der Waals surface area contributed by atoms with Crippen LogP contribution in [0.1, 0.15) is 15.9 Å². The first-order chi connectivity index (χ1) is 8.88. The van der Waals surface area contributed by atoms with Gasteiger partial charge in [-0.05, 0) is 18.2 Å². The Balaban J connectivity index is 2.08. The molecular weight excluding hydrogens is 264 g/mol. The van der Waals surface area contributed by atoms with Crippen LogP contribution < -0.4 is 10.6 Å². The Hall–Kier alpha value is -1.63. The average molecular weight is 276 g/mol. The highest BCUT2D eigenvalue weighted by Crippen LogP contribution is 2.31. The van der Waals surface area contributed by atoms with Crippen molar-refractivity contribution in [3.63, 3.8) is 0 Å².